The Morgan fingerprint density at radius 2 is 2.00 bits per heavy atom. The molecule has 0 heterocycles. The van der Waals surface area contributed by atoms with Gasteiger partial charge in [-0.2, -0.15) is 12.6 Å². The van der Waals surface area contributed by atoms with E-state index in [1.54, 1.807) is 7.11 Å². The molecular weight excluding hydrogens is 152 g/mol. The summed E-state index contributed by atoms with van der Waals surface area (Å²) in [6.07, 6.45) is 0. The van der Waals surface area contributed by atoms with Crippen molar-refractivity contribution in [2.45, 2.75) is 13.1 Å². The summed E-state index contributed by atoms with van der Waals surface area (Å²) in [6.45, 7) is 4.71. The van der Waals surface area contributed by atoms with E-state index >= 15 is 0 Å². The molecule has 0 aliphatic heterocycles. The molecule has 0 saturated carbocycles. The molecule has 0 unspecified atom stereocenters. The topological polar surface area (TPSA) is 18.5 Å². The highest BCUT2D eigenvalue weighted by Gasteiger charge is 2.21. The fourth-order valence-electron chi connectivity index (χ4n) is 0.350. The number of rotatable bonds is 4. The lowest BCUT2D eigenvalue weighted by Gasteiger charge is -2.18. The van der Waals surface area contributed by atoms with E-state index in [0.29, 0.717) is 6.61 Å². The van der Waals surface area contributed by atoms with Crippen LogP contribution in [0.2, 0.25) is 13.1 Å². The van der Waals surface area contributed by atoms with Crippen molar-refractivity contribution < 1.29 is 8.85 Å². The molecule has 4 heteroatoms. The van der Waals surface area contributed by atoms with Gasteiger partial charge in [0.1, 0.15) is 0 Å². The lowest BCUT2D eigenvalue weighted by atomic mass is 10.9. The van der Waals surface area contributed by atoms with Gasteiger partial charge < -0.3 is 8.85 Å². The molecule has 0 saturated heterocycles. The van der Waals surface area contributed by atoms with Crippen LogP contribution in [0, 0.1) is 0 Å². The summed E-state index contributed by atoms with van der Waals surface area (Å²) < 4.78 is 10.5. The summed E-state index contributed by atoms with van der Waals surface area (Å²) in [5, 5.41) is 0. The monoisotopic (exact) mass is 166 g/mol. The molecule has 0 aromatic heterocycles. The van der Waals surface area contributed by atoms with Gasteiger partial charge in [0.25, 0.3) is 0 Å². The Morgan fingerprint density at radius 1 is 1.44 bits per heavy atom. The highest BCUT2D eigenvalue weighted by molar-refractivity contribution is 7.80. The molecule has 0 aliphatic carbocycles. The zero-order chi connectivity index (χ0) is 7.33. The van der Waals surface area contributed by atoms with E-state index in [9.17, 15) is 0 Å². The molecule has 0 N–H and O–H groups in total. The zero-order valence-electron chi connectivity index (χ0n) is 6.18. The van der Waals surface area contributed by atoms with Gasteiger partial charge in [-0.3, -0.25) is 0 Å². The normalized spacial score (nSPS) is 12.0. The summed E-state index contributed by atoms with van der Waals surface area (Å²) in [5.74, 6) is 0.764. The molecule has 0 rings (SSSR count). The molecule has 0 radical (unpaired) electrons. The van der Waals surface area contributed by atoms with Crippen LogP contribution < -0.4 is 0 Å². The molecule has 0 atom stereocenters. The van der Waals surface area contributed by atoms with Crippen LogP contribution in [-0.4, -0.2) is 28.0 Å². The van der Waals surface area contributed by atoms with E-state index in [-0.39, 0.29) is 0 Å². The van der Waals surface area contributed by atoms with Gasteiger partial charge in [0.2, 0.25) is 0 Å². The molecule has 2 nitrogen and oxygen atoms in total. The standard InChI is InChI=1S/C5H14O2SSi/c1-6-9(2,3)7-4-5-8/h8H,4-5H2,1-3H3. The molecule has 0 aromatic carbocycles. The summed E-state index contributed by atoms with van der Waals surface area (Å²) in [4.78, 5) is 0. The molecule has 0 fully saturated rings. The van der Waals surface area contributed by atoms with Crippen LogP contribution in [0.4, 0.5) is 0 Å². The quantitative estimate of drug-likeness (QED) is 0.501. The summed E-state index contributed by atoms with van der Waals surface area (Å²) in [5.41, 5.74) is 0. The molecule has 0 aromatic rings. The van der Waals surface area contributed by atoms with Gasteiger partial charge in [0.05, 0.1) is 0 Å². The van der Waals surface area contributed by atoms with Crippen molar-refractivity contribution in [3.05, 3.63) is 0 Å². The second kappa shape index (κ2) is 4.33. The molecule has 0 aliphatic rings. The van der Waals surface area contributed by atoms with Crippen LogP contribution in [-0.2, 0) is 8.85 Å². The number of hydrogen-bond acceptors (Lipinski definition) is 3. The fraction of sp³-hybridized carbons (Fsp3) is 1.00. The van der Waals surface area contributed by atoms with Crippen LogP contribution in [0.25, 0.3) is 0 Å². The lowest BCUT2D eigenvalue weighted by Crippen LogP contribution is -2.33. The third kappa shape index (κ3) is 4.96. The van der Waals surface area contributed by atoms with E-state index in [0.717, 1.165) is 5.75 Å². The van der Waals surface area contributed by atoms with Crippen molar-refractivity contribution in [2.24, 2.45) is 0 Å². The molecule has 0 spiro atoms. The third-order valence-corrected chi connectivity index (χ3v) is 3.10. The van der Waals surface area contributed by atoms with Gasteiger partial charge in [-0.1, -0.05) is 0 Å². The zero-order valence-corrected chi connectivity index (χ0v) is 8.07. The summed E-state index contributed by atoms with van der Waals surface area (Å²) in [6, 6.07) is 0. The van der Waals surface area contributed by atoms with Gasteiger partial charge >= 0.3 is 8.56 Å². The molecule has 9 heavy (non-hydrogen) atoms. The van der Waals surface area contributed by atoms with Gasteiger partial charge in [-0.15, -0.1) is 0 Å². The van der Waals surface area contributed by atoms with Gasteiger partial charge in [-0.05, 0) is 13.1 Å². The van der Waals surface area contributed by atoms with Crippen LogP contribution in [0.15, 0.2) is 0 Å². The minimum atomic E-state index is -1.75. The van der Waals surface area contributed by atoms with Crippen LogP contribution in [0.1, 0.15) is 0 Å². The minimum absolute atomic E-state index is 0.691. The molecular formula is C5H14O2SSi. The summed E-state index contributed by atoms with van der Waals surface area (Å²) >= 11 is 4.01. The van der Waals surface area contributed by atoms with Crippen molar-refractivity contribution in [3.8, 4) is 0 Å². The van der Waals surface area contributed by atoms with Crippen molar-refractivity contribution in [3.63, 3.8) is 0 Å². The predicted octanol–water partition coefficient (Wildman–Crippen LogP) is 1.28. The predicted molar refractivity (Wildman–Crippen MR) is 44.3 cm³/mol. The highest BCUT2D eigenvalue weighted by atomic mass is 32.1. The maximum absolute atomic E-state index is 5.37. The van der Waals surface area contributed by atoms with Crippen LogP contribution in [0.3, 0.4) is 0 Å². The van der Waals surface area contributed by atoms with E-state index in [4.69, 9.17) is 8.85 Å². The lowest BCUT2D eigenvalue weighted by molar-refractivity contribution is 0.224. The first-order valence-electron chi connectivity index (χ1n) is 2.92. The number of hydrogen-bond donors (Lipinski definition) is 1. The Kier molecular flexibility index (Phi) is 4.56. The summed E-state index contributed by atoms with van der Waals surface area (Å²) in [7, 11) is -0.0619. The molecule has 0 amide bonds. The second-order valence-corrected chi connectivity index (χ2v) is 6.12. The average Bonchev–Trinajstić information content (AvgIpc) is 1.84. The van der Waals surface area contributed by atoms with Gasteiger partial charge in [-0.25, -0.2) is 0 Å². The van der Waals surface area contributed by atoms with Gasteiger partial charge in [0.15, 0.2) is 0 Å². The Bertz CT molecular complexity index is 77.4. The first kappa shape index (κ1) is 9.49. The minimum Gasteiger partial charge on any atom is -0.398 e. The Hall–Kier alpha value is 0.487. The Balaban J connectivity index is 3.33. The second-order valence-electron chi connectivity index (χ2n) is 2.18. The smallest absolute Gasteiger partial charge is 0.331 e. The van der Waals surface area contributed by atoms with Crippen molar-refractivity contribution in [1.82, 2.24) is 0 Å². The van der Waals surface area contributed by atoms with E-state index in [1.165, 1.54) is 0 Å². The maximum atomic E-state index is 5.37. The Labute approximate surface area is 63.2 Å². The molecule has 56 valence electrons. The van der Waals surface area contributed by atoms with Crippen molar-refractivity contribution in [2.75, 3.05) is 19.5 Å². The average molecular weight is 166 g/mol. The SMILES string of the molecule is CO[Si](C)(C)OCCS. The first-order chi connectivity index (χ1) is 4.12. The molecule has 0 bridgehead atoms. The van der Waals surface area contributed by atoms with Gasteiger partial charge in [0, 0.05) is 19.5 Å². The fourth-order valence-corrected chi connectivity index (χ4v) is 1.32. The van der Waals surface area contributed by atoms with Crippen LogP contribution in [0.5, 0.6) is 0 Å². The van der Waals surface area contributed by atoms with E-state index in [1.807, 2.05) is 13.1 Å². The van der Waals surface area contributed by atoms with Crippen molar-refractivity contribution in [1.29, 1.82) is 0 Å². The number of thiol groups is 1. The largest absolute Gasteiger partial charge is 0.398 e. The maximum Gasteiger partial charge on any atom is 0.331 e. The first-order valence-corrected chi connectivity index (χ1v) is 6.37. The van der Waals surface area contributed by atoms with Crippen molar-refractivity contribution >= 4 is 21.2 Å². The third-order valence-electron chi connectivity index (χ3n) is 1.03. The van der Waals surface area contributed by atoms with E-state index < -0.39 is 8.56 Å². The van der Waals surface area contributed by atoms with Crippen LogP contribution >= 0.6 is 12.6 Å². The highest BCUT2D eigenvalue weighted by Crippen LogP contribution is 2.03. The van der Waals surface area contributed by atoms with E-state index in [2.05, 4.69) is 12.6 Å². The Morgan fingerprint density at radius 3 is 2.33 bits per heavy atom.